The number of urea groups is 1. The molecule has 0 saturated heterocycles. The third-order valence-corrected chi connectivity index (χ3v) is 4.56. The summed E-state index contributed by atoms with van der Waals surface area (Å²) in [6.07, 6.45) is 5.17. The molecule has 1 aromatic carbocycles. The molecule has 138 valence electrons. The molecule has 0 spiro atoms. The summed E-state index contributed by atoms with van der Waals surface area (Å²) in [6, 6.07) is 6.78. The number of para-hydroxylation sites is 1. The number of ether oxygens (including phenoxy) is 1. The number of fused-ring (bicyclic) bond motifs is 1. The van der Waals surface area contributed by atoms with Gasteiger partial charge in [-0.15, -0.1) is 0 Å². The van der Waals surface area contributed by atoms with E-state index in [0.717, 1.165) is 31.1 Å². The van der Waals surface area contributed by atoms with Crippen LogP contribution in [0.25, 0.3) is 11.0 Å². The van der Waals surface area contributed by atoms with Crippen LogP contribution in [-0.4, -0.2) is 30.6 Å². The zero-order chi connectivity index (χ0) is 18.5. The summed E-state index contributed by atoms with van der Waals surface area (Å²) in [4.78, 5) is 35.8. The van der Waals surface area contributed by atoms with Gasteiger partial charge in [-0.25, -0.2) is 9.59 Å². The largest absolute Gasteiger partial charge is 0.450 e. The van der Waals surface area contributed by atoms with Gasteiger partial charge in [0.05, 0.1) is 0 Å². The maximum absolute atomic E-state index is 12.1. The molecule has 0 bridgehead atoms. The van der Waals surface area contributed by atoms with Crippen molar-refractivity contribution in [2.24, 2.45) is 0 Å². The highest BCUT2D eigenvalue weighted by Crippen LogP contribution is 2.25. The highest BCUT2D eigenvalue weighted by Gasteiger charge is 2.21. The van der Waals surface area contributed by atoms with E-state index in [9.17, 15) is 14.4 Å². The summed E-state index contributed by atoms with van der Waals surface area (Å²) in [7, 11) is 0. The fourth-order valence-electron chi connectivity index (χ4n) is 3.20. The first-order valence-corrected chi connectivity index (χ1v) is 8.80. The molecule has 2 aromatic rings. The van der Waals surface area contributed by atoms with Crippen molar-refractivity contribution < 1.29 is 23.5 Å². The number of esters is 1. The Morgan fingerprint density at radius 2 is 1.88 bits per heavy atom. The van der Waals surface area contributed by atoms with Gasteiger partial charge < -0.3 is 14.5 Å². The lowest BCUT2D eigenvalue weighted by atomic mass is 9.96. The van der Waals surface area contributed by atoms with Crippen LogP contribution in [-0.2, 0) is 9.53 Å². The van der Waals surface area contributed by atoms with Gasteiger partial charge in [0.2, 0.25) is 5.76 Å². The van der Waals surface area contributed by atoms with Gasteiger partial charge >= 0.3 is 12.0 Å². The Morgan fingerprint density at radius 3 is 2.62 bits per heavy atom. The number of amides is 3. The molecule has 3 amide bonds. The van der Waals surface area contributed by atoms with Crippen molar-refractivity contribution in [3.05, 3.63) is 35.6 Å². The standard InChI is InChI=1S/C19H22N2O5/c1-12-14-9-5-6-10-15(14)26-17(12)18(23)25-11-16(22)21-19(24)20-13-7-3-2-4-8-13/h5-6,9-10,13H,2-4,7-8,11H2,1H3,(H2,20,21,22,24). The molecule has 1 aliphatic carbocycles. The minimum atomic E-state index is -0.735. The van der Waals surface area contributed by atoms with Crippen molar-refractivity contribution >= 4 is 28.9 Å². The summed E-state index contributed by atoms with van der Waals surface area (Å²) < 4.78 is 10.5. The third kappa shape index (κ3) is 4.22. The monoisotopic (exact) mass is 358 g/mol. The summed E-state index contributed by atoms with van der Waals surface area (Å²) in [5.41, 5.74) is 1.23. The van der Waals surface area contributed by atoms with E-state index in [2.05, 4.69) is 10.6 Å². The number of benzene rings is 1. The lowest BCUT2D eigenvalue weighted by molar-refractivity contribution is -0.123. The number of furan rings is 1. The second kappa shape index (κ2) is 8.03. The molecular weight excluding hydrogens is 336 g/mol. The molecule has 0 aliphatic heterocycles. The normalized spacial score (nSPS) is 14.8. The topological polar surface area (TPSA) is 97.6 Å². The minimum Gasteiger partial charge on any atom is -0.450 e. The summed E-state index contributed by atoms with van der Waals surface area (Å²) in [6.45, 7) is 1.20. The summed E-state index contributed by atoms with van der Waals surface area (Å²) in [5.74, 6) is -1.35. The summed E-state index contributed by atoms with van der Waals surface area (Å²) >= 11 is 0. The number of nitrogens with one attached hydrogen (secondary N) is 2. The van der Waals surface area contributed by atoms with E-state index in [0.29, 0.717) is 11.1 Å². The molecular formula is C19H22N2O5. The molecule has 0 radical (unpaired) electrons. The Kier molecular flexibility index (Phi) is 5.55. The Hall–Kier alpha value is -2.83. The van der Waals surface area contributed by atoms with Crippen LogP contribution in [0.15, 0.2) is 28.7 Å². The molecule has 1 aliphatic rings. The fourth-order valence-corrected chi connectivity index (χ4v) is 3.20. The van der Waals surface area contributed by atoms with Gasteiger partial charge in [0, 0.05) is 17.0 Å². The van der Waals surface area contributed by atoms with Crippen LogP contribution in [0.3, 0.4) is 0 Å². The van der Waals surface area contributed by atoms with Crippen LogP contribution >= 0.6 is 0 Å². The number of carbonyl (C=O) groups is 3. The number of rotatable bonds is 4. The highest BCUT2D eigenvalue weighted by molar-refractivity contribution is 5.98. The van der Waals surface area contributed by atoms with Gasteiger partial charge in [0.25, 0.3) is 5.91 Å². The summed E-state index contributed by atoms with van der Waals surface area (Å²) in [5, 5.41) is 5.76. The number of aryl methyl sites for hydroxylation is 1. The van der Waals surface area contributed by atoms with Crippen LogP contribution in [0.1, 0.15) is 48.2 Å². The number of hydrogen-bond donors (Lipinski definition) is 2. The first-order valence-electron chi connectivity index (χ1n) is 8.80. The molecule has 7 heteroatoms. The first-order chi connectivity index (χ1) is 12.5. The Bertz CT molecular complexity index is 820. The van der Waals surface area contributed by atoms with Crippen LogP contribution in [0.5, 0.6) is 0 Å². The van der Waals surface area contributed by atoms with Crippen molar-refractivity contribution in [1.82, 2.24) is 10.6 Å². The van der Waals surface area contributed by atoms with Crippen LogP contribution in [0.2, 0.25) is 0 Å². The maximum atomic E-state index is 12.1. The second-order valence-electron chi connectivity index (χ2n) is 6.49. The maximum Gasteiger partial charge on any atom is 0.375 e. The average molecular weight is 358 g/mol. The van der Waals surface area contributed by atoms with E-state index < -0.39 is 24.5 Å². The van der Waals surface area contributed by atoms with E-state index in [1.54, 1.807) is 19.1 Å². The number of hydrogen-bond acceptors (Lipinski definition) is 5. The van der Waals surface area contributed by atoms with Crippen molar-refractivity contribution in [2.45, 2.75) is 45.1 Å². The van der Waals surface area contributed by atoms with E-state index in [-0.39, 0.29) is 11.8 Å². The molecule has 3 rings (SSSR count). The average Bonchev–Trinajstić information content (AvgIpc) is 2.98. The predicted molar refractivity (Wildman–Crippen MR) is 94.8 cm³/mol. The number of carbonyl (C=O) groups excluding carboxylic acids is 3. The molecule has 0 unspecified atom stereocenters. The Labute approximate surface area is 151 Å². The highest BCUT2D eigenvalue weighted by atomic mass is 16.5. The molecule has 26 heavy (non-hydrogen) atoms. The second-order valence-corrected chi connectivity index (χ2v) is 6.49. The smallest absolute Gasteiger partial charge is 0.375 e. The predicted octanol–water partition coefficient (Wildman–Crippen LogP) is 3.06. The first kappa shape index (κ1) is 18.0. The van der Waals surface area contributed by atoms with E-state index in [4.69, 9.17) is 9.15 Å². The Morgan fingerprint density at radius 1 is 1.15 bits per heavy atom. The quantitative estimate of drug-likeness (QED) is 0.819. The van der Waals surface area contributed by atoms with Crippen molar-refractivity contribution in [3.63, 3.8) is 0 Å². The zero-order valence-electron chi connectivity index (χ0n) is 14.7. The van der Waals surface area contributed by atoms with Gasteiger partial charge in [0.1, 0.15) is 5.58 Å². The fraction of sp³-hybridized carbons (Fsp3) is 0.421. The van der Waals surface area contributed by atoms with Crippen molar-refractivity contribution in [3.8, 4) is 0 Å². The lowest BCUT2D eigenvalue weighted by Gasteiger charge is -2.22. The van der Waals surface area contributed by atoms with Gasteiger partial charge in [-0.05, 0) is 25.8 Å². The lowest BCUT2D eigenvalue weighted by Crippen LogP contribution is -2.46. The molecule has 1 aromatic heterocycles. The van der Waals surface area contributed by atoms with Crippen LogP contribution in [0, 0.1) is 6.92 Å². The van der Waals surface area contributed by atoms with Crippen molar-refractivity contribution in [1.29, 1.82) is 0 Å². The van der Waals surface area contributed by atoms with E-state index >= 15 is 0 Å². The minimum absolute atomic E-state index is 0.0608. The molecule has 1 fully saturated rings. The van der Waals surface area contributed by atoms with Gasteiger partial charge in [-0.3, -0.25) is 10.1 Å². The van der Waals surface area contributed by atoms with E-state index in [1.165, 1.54) is 6.42 Å². The SMILES string of the molecule is Cc1c(C(=O)OCC(=O)NC(=O)NC2CCCCC2)oc2ccccc12. The van der Waals surface area contributed by atoms with E-state index in [1.807, 2.05) is 12.1 Å². The van der Waals surface area contributed by atoms with Crippen LogP contribution < -0.4 is 10.6 Å². The Balaban J connectivity index is 1.49. The molecule has 1 heterocycles. The third-order valence-electron chi connectivity index (χ3n) is 4.56. The van der Waals surface area contributed by atoms with Gasteiger partial charge in [0.15, 0.2) is 6.61 Å². The zero-order valence-corrected chi connectivity index (χ0v) is 14.7. The van der Waals surface area contributed by atoms with Crippen molar-refractivity contribution in [2.75, 3.05) is 6.61 Å². The van der Waals surface area contributed by atoms with Crippen LogP contribution in [0.4, 0.5) is 4.79 Å². The molecule has 2 N–H and O–H groups in total. The molecule has 7 nitrogen and oxygen atoms in total. The number of imide groups is 1. The van der Waals surface area contributed by atoms with Gasteiger partial charge in [-0.1, -0.05) is 37.5 Å². The van der Waals surface area contributed by atoms with Gasteiger partial charge in [-0.2, -0.15) is 0 Å². The molecule has 0 atom stereocenters. The molecule has 1 saturated carbocycles.